The maximum absolute atomic E-state index is 5.51. The molecule has 0 spiro atoms. The van der Waals surface area contributed by atoms with Crippen LogP contribution in [-0.2, 0) is 6.54 Å². The van der Waals surface area contributed by atoms with Crippen molar-refractivity contribution in [3.05, 3.63) is 30.5 Å². The average Bonchev–Trinajstić information content (AvgIpc) is 2.71. The van der Waals surface area contributed by atoms with Gasteiger partial charge in [-0.1, -0.05) is 0 Å². The van der Waals surface area contributed by atoms with Crippen LogP contribution in [0.5, 0.6) is 0 Å². The highest BCUT2D eigenvalue weighted by molar-refractivity contribution is 7.99. The fourth-order valence-electron chi connectivity index (χ4n) is 0.923. The summed E-state index contributed by atoms with van der Waals surface area (Å²) in [4.78, 5) is 12.2. The van der Waals surface area contributed by atoms with E-state index in [-0.39, 0.29) is 0 Å². The van der Waals surface area contributed by atoms with Crippen LogP contribution in [0.25, 0.3) is 0 Å². The second-order valence-corrected chi connectivity index (χ2v) is 3.35. The van der Waals surface area contributed by atoms with Gasteiger partial charge in [-0.05, 0) is 11.8 Å². The van der Waals surface area contributed by atoms with Crippen LogP contribution in [0.3, 0.4) is 0 Å². The van der Waals surface area contributed by atoms with E-state index in [2.05, 4.69) is 15.0 Å². The zero-order valence-electron chi connectivity index (χ0n) is 7.25. The molecular formula is C8H8N4OS. The van der Waals surface area contributed by atoms with Gasteiger partial charge in [-0.25, -0.2) is 9.97 Å². The van der Waals surface area contributed by atoms with Gasteiger partial charge >= 0.3 is 0 Å². The van der Waals surface area contributed by atoms with Crippen LogP contribution in [0.2, 0.25) is 0 Å². The van der Waals surface area contributed by atoms with Crippen molar-refractivity contribution >= 4 is 11.8 Å². The molecule has 0 saturated heterocycles. The molecule has 2 rings (SSSR count). The highest BCUT2D eigenvalue weighted by Gasteiger charge is 2.07. The summed E-state index contributed by atoms with van der Waals surface area (Å²) < 4.78 is 5.08. The molecule has 0 aliphatic heterocycles. The lowest BCUT2D eigenvalue weighted by Crippen LogP contribution is -2.02. The topological polar surface area (TPSA) is 77.8 Å². The van der Waals surface area contributed by atoms with Crippen molar-refractivity contribution in [3.63, 3.8) is 0 Å². The number of hydrogen-bond donors (Lipinski definition) is 1. The largest absolute Gasteiger partial charge is 0.440 e. The maximum atomic E-state index is 5.51. The monoisotopic (exact) mass is 208 g/mol. The minimum atomic E-state index is 0.358. The van der Waals surface area contributed by atoms with Gasteiger partial charge in [0.1, 0.15) is 11.3 Å². The first-order chi connectivity index (χ1) is 6.90. The van der Waals surface area contributed by atoms with Crippen molar-refractivity contribution in [3.8, 4) is 0 Å². The van der Waals surface area contributed by atoms with Gasteiger partial charge < -0.3 is 10.2 Å². The molecule has 72 valence electrons. The first-order valence-corrected chi connectivity index (χ1v) is 4.79. The zero-order chi connectivity index (χ0) is 9.80. The molecule has 0 amide bonds. The predicted octanol–water partition coefficient (Wildman–Crippen LogP) is 1.07. The Labute approximate surface area is 84.8 Å². The summed E-state index contributed by atoms with van der Waals surface area (Å²) in [5.74, 6) is 0. The van der Waals surface area contributed by atoms with Gasteiger partial charge in [0.25, 0.3) is 5.22 Å². The molecule has 2 N–H and O–H groups in total. The van der Waals surface area contributed by atoms with Crippen LogP contribution < -0.4 is 5.73 Å². The summed E-state index contributed by atoms with van der Waals surface area (Å²) in [7, 11) is 0. The molecule has 2 aromatic rings. The van der Waals surface area contributed by atoms with Gasteiger partial charge in [0.15, 0.2) is 0 Å². The van der Waals surface area contributed by atoms with E-state index in [9.17, 15) is 0 Å². The highest BCUT2D eigenvalue weighted by Crippen LogP contribution is 2.25. The highest BCUT2D eigenvalue weighted by atomic mass is 32.2. The second-order valence-electron chi connectivity index (χ2n) is 2.41. The molecule has 2 aromatic heterocycles. The first-order valence-electron chi connectivity index (χ1n) is 3.97. The number of nitrogens with two attached hydrogens (primary N) is 1. The number of hydrogen-bond acceptors (Lipinski definition) is 6. The lowest BCUT2D eigenvalue weighted by atomic mass is 10.5. The third kappa shape index (κ3) is 1.91. The molecule has 0 aromatic carbocycles. The molecule has 5 nitrogen and oxygen atoms in total. The van der Waals surface area contributed by atoms with Gasteiger partial charge in [-0.3, -0.25) is 4.98 Å². The van der Waals surface area contributed by atoms with Gasteiger partial charge in [0.05, 0.1) is 11.9 Å². The van der Waals surface area contributed by atoms with Gasteiger partial charge in [0, 0.05) is 18.9 Å². The molecule has 14 heavy (non-hydrogen) atoms. The minimum absolute atomic E-state index is 0.358. The fourth-order valence-corrected chi connectivity index (χ4v) is 1.67. The zero-order valence-corrected chi connectivity index (χ0v) is 8.07. The Morgan fingerprint density at radius 1 is 1.21 bits per heavy atom. The standard InChI is InChI=1S/C8H8N4OS/c9-5-6-7(11-2-1-10-6)14-8-12-3-4-13-8/h1-4H,5,9H2. The van der Waals surface area contributed by atoms with Crippen molar-refractivity contribution in [2.75, 3.05) is 0 Å². The molecule has 0 aliphatic rings. The first kappa shape index (κ1) is 9.17. The quantitative estimate of drug-likeness (QED) is 0.813. The lowest BCUT2D eigenvalue weighted by molar-refractivity contribution is 0.453. The Bertz CT molecular complexity index is 403. The van der Waals surface area contributed by atoms with Crippen LogP contribution in [0, 0.1) is 0 Å². The summed E-state index contributed by atoms with van der Waals surface area (Å²) in [5, 5.41) is 1.28. The van der Waals surface area contributed by atoms with Gasteiger partial charge in [-0.15, -0.1) is 0 Å². The fraction of sp³-hybridized carbons (Fsp3) is 0.125. The Kier molecular flexibility index (Phi) is 2.76. The lowest BCUT2D eigenvalue weighted by Gasteiger charge is -2.00. The Hall–Kier alpha value is -1.40. The number of nitrogens with zero attached hydrogens (tertiary/aromatic N) is 3. The van der Waals surface area contributed by atoms with Crippen molar-refractivity contribution in [1.29, 1.82) is 0 Å². The van der Waals surface area contributed by atoms with E-state index in [1.54, 1.807) is 18.6 Å². The number of aromatic nitrogens is 3. The molecule has 0 aliphatic carbocycles. The Morgan fingerprint density at radius 3 is 2.79 bits per heavy atom. The summed E-state index contributed by atoms with van der Waals surface area (Å²) in [6.07, 6.45) is 6.33. The molecule has 0 unspecified atom stereocenters. The van der Waals surface area contributed by atoms with E-state index in [4.69, 9.17) is 10.2 Å². The van der Waals surface area contributed by atoms with Gasteiger partial charge in [-0.2, -0.15) is 0 Å². The third-order valence-electron chi connectivity index (χ3n) is 1.52. The van der Waals surface area contributed by atoms with E-state index < -0.39 is 0 Å². The minimum Gasteiger partial charge on any atom is -0.440 e. The molecule has 0 radical (unpaired) electrons. The smallest absolute Gasteiger partial charge is 0.262 e. The maximum Gasteiger partial charge on any atom is 0.262 e. The molecular weight excluding hydrogens is 200 g/mol. The van der Waals surface area contributed by atoms with Crippen molar-refractivity contribution < 1.29 is 4.42 Å². The molecule has 6 heteroatoms. The summed E-state index contributed by atoms with van der Waals surface area (Å²) in [5.41, 5.74) is 6.26. The van der Waals surface area contributed by atoms with Crippen LogP contribution in [0.15, 0.2) is 39.5 Å². The molecule has 0 saturated carbocycles. The molecule has 0 fully saturated rings. The molecule has 0 atom stereocenters. The Balaban J connectivity index is 2.24. The van der Waals surface area contributed by atoms with E-state index in [1.165, 1.54) is 18.0 Å². The van der Waals surface area contributed by atoms with Crippen LogP contribution >= 0.6 is 11.8 Å². The Morgan fingerprint density at radius 2 is 2.07 bits per heavy atom. The SMILES string of the molecule is NCc1nccnc1Sc1ncco1. The van der Waals surface area contributed by atoms with Gasteiger partial charge in [0.2, 0.25) is 0 Å². The van der Waals surface area contributed by atoms with Crippen molar-refractivity contribution in [1.82, 2.24) is 15.0 Å². The van der Waals surface area contributed by atoms with Crippen LogP contribution in [0.4, 0.5) is 0 Å². The average molecular weight is 208 g/mol. The van der Waals surface area contributed by atoms with E-state index in [1.807, 2.05) is 0 Å². The summed E-state index contributed by atoms with van der Waals surface area (Å²) in [6, 6.07) is 0. The molecule has 2 heterocycles. The van der Waals surface area contributed by atoms with Crippen LogP contribution in [-0.4, -0.2) is 15.0 Å². The number of oxazole rings is 1. The third-order valence-corrected chi connectivity index (χ3v) is 2.43. The van der Waals surface area contributed by atoms with E-state index >= 15 is 0 Å². The van der Waals surface area contributed by atoms with E-state index in [0.29, 0.717) is 11.8 Å². The van der Waals surface area contributed by atoms with Crippen molar-refractivity contribution in [2.45, 2.75) is 16.8 Å². The molecule has 0 bridgehead atoms. The predicted molar refractivity (Wildman–Crippen MR) is 50.5 cm³/mol. The van der Waals surface area contributed by atoms with Crippen LogP contribution in [0.1, 0.15) is 5.69 Å². The summed E-state index contributed by atoms with van der Waals surface area (Å²) in [6.45, 7) is 0.358. The number of rotatable bonds is 3. The second kappa shape index (κ2) is 4.21. The van der Waals surface area contributed by atoms with Crippen molar-refractivity contribution in [2.24, 2.45) is 5.73 Å². The van der Waals surface area contributed by atoms with E-state index in [0.717, 1.165) is 10.7 Å². The summed E-state index contributed by atoms with van der Waals surface area (Å²) >= 11 is 1.31. The normalized spacial score (nSPS) is 10.4.